The van der Waals surface area contributed by atoms with E-state index in [0.717, 1.165) is 0 Å². The van der Waals surface area contributed by atoms with Gasteiger partial charge in [0.25, 0.3) is 0 Å². The first-order chi connectivity index (χ1) is 21.9. The summed E-state index contributed by atoms with van der Waals surface area (Å²) >= 11 is 0. The van der Waals surface area contributed by atoms with Crippen LogP contribution in [-0.4, -0.2) is 114 Å². The second-order valence-electron chi connectivity index (χ2n) is 11.5. The number of guanidine groups is 1. The third kappa shape index (κ3) is 15.6. The molecular weight excluding hydrogens is 620 g/mol. The monoisotopic (exact) mass is 672 g/mol. The molecule has 19 nitrogen and oxygen atoms in total. The molecule has 47 heavy (non-hydrogen) atoms. The number of aliphatic hydroxyl groups excluding tert-OH is 1. The highest BCUT2D eigenvalue weighted by atomic mass is 16.4. The number of carboxylic acid groups (broad SMARTS) is 1. The lowest BCUT2D eigenvalue weighted by molar-refractivity contribution is -0.141. The summed E-state index contributed by atoms with van der Waals surface area (Å²) in [4.78, 5) is 88.0. The number of aliphatic carboxylic acids is 1. The molecule has 19 heteroatoms. The van der Waals surface area contributed by atoms with Crippen molar-refractivity contribution in [3.8, 4) is 0 Å². The second-order valence-corrected chi connectivity index (χ2v) is 11.5. The number of nitrogens with one attached hydrogen (secondary N) is 8. The minimum atomic E-state index is -1.67. The van der Waals surface area contributed by atoms with E-state index in [1.807, 2.05) is 0 Å². The van der Waals surface area contributed by atoms with Gasteiger partial charge in [-0.3, -0.25) is 39.0 Å². The van der Waals surface area contributed by atoms with Crippen molar-refractivity contribution < 1.29 is 43.8 Å². The number of likely N-dealkylation sites (N-methyl/N-ethyl adjacent to an activating group) is 1. The van der Waals surface area contributed by atoms with Crippen molar-refractivity contribution in [1.29, 1.82) is 5.41 Å². The Hall–Kier alpha value is -4.52. The molecule has 0 heterocycles. The van der Waals surface area contributed by atoms with E-state index in [0.29, 0.717) is 25.8 Å². The Bertz CT molecular complexity index is 1120. The number of carbonyl (C=O) groups is 7. The lowest BCUT2D eigenvalue weighted by Gasteiger charge is -2.29. The molecule has 0 aliphatic carbocycles. The van der Waals surface area contributed by atoms with Crippen LogP contribution < -0.4 is 48.7 Å². The molecule has 0 fully saturated rings. The maximum atomic E-state index is 13.2. The fourth-order valence-corrected chi connectivity index (χ4v) is 4.23. The highest BCUT2D eigenvalue weighted by molar-refractivity contribution is 5.97. The number of amides is 6. The topological polar surface area (TPSA) is 320 Å². The minimum Gasteiger partial charge on any atom is -0.481 e. The molecule has 6 amide bonds. The summed E-state index contributed by atoms with van der Waals surface area (Å²) in [6.07, 6.45) is 0.295. The first kappa shape index (κ1) is 42.5. The highest BCUT2D eigenvalue weighted by Gasteiger charge is 2.34. The first-order valence-electron chi connectivity index (χ1n) is 15.3. The van der Waals surface area contributed by atoms with Crippen LogP contribution in [0.3, 0.4) is 0 Å². The van der Waals surface area contributed by atoms with E-state index in [9.17, 15) is 43.8 Å². The van der Waals surface area contributed by atoms with Crippen LogP contribution in [0.15, 0.2) is 0 Å². The lowest BCUT2D eigenvalue weighted by Crippen LogP contribution is -2.60. The average Bonchev–Trinajstić information content (AvgIpc) is 2.99. The molecule has 0 bridgehead atoms. The van der Waals surface area contributed by atoms with E-state index in [1.165, 1.54) is 14.0 Å². The molecule has 0 unspecified atom stereocenters. The van der Waals surface area contributed by atoms with Crippen LogP contribution in [0.25, 0.3) is 0 Å². The molecule has 0 aromatic heterocycles. The largest absolute Gasteiger partial charge is 0.481 e. The molecule has 0 saturated heterocycles. The Morgan fingerprint density at radius 2 is 1.28 bits per heavy atom. The van der Waals surface area contributed by atoms with Gasteiger partial charge in [0.05, 0.1) is 19.1 Å². The maximum Gasteiger partial charge on any atom is 0.305 e. The molecule has 268 valence electrons. The quantitative estimate of drug-likeness (QED) is 0.0297. The van der Waals surface area contributed by atoms with Crippen LogP contribution in [0.4, 0.5) is 0 Å². The van der Waals surface area contributed by atoms with Crippen molar-refractivity contribution in [2.24, 2.45) is 23.3 Å². The molecule has 14 N–H and O–H groups in total. The summed E-state index contributed by atoms with van der Waals surface area (Å²) in [6.45, 7) is 7.49. The van der Waals surface area contributed by atoms with Crippen molar-refractivity contribution in [2.75, 3.05) is 20.2 Å². The van der Waals surface area contributed by atoms with E-state index in [2.05, 4.69) is 37.2 Å². The third-order valence-electron chi connectivity index (χ3n) is 7.29. The third-order valence-corrected chi connectivity index (χ3v) is 7.29. The van der Waals surface area contributed by atoms with Crippen molar-refractivity contribution in [3.05, 3.63) is 0 Å². The van der Waals surface area contributed by atoms with E-state index in [1.54, 1.807) is 27.7 Å². The fourth-order valence-electron chi connectivity index (χ4n) is 4.23. The van der Waals surface area contributed by atoms with Crippen LogP contribution in [-0.2, 0) is 33.6 Å². The zero-order valence-corrected chi connectivity index (χ0v) is 27.8. The summed E-state index contributed by atoms with van der Waals surface area (Å²) < 4.78 is 0. The predicted octanol–water partition coefficient (Wildman–Crippen LogP) is -4.06. The Morgan fingerprint density at radius 3 is 1.74 bits per heavy atom. The molecule has 0 spiro atoms. The van der Waals surface area contributed by atoms with Gasteiger partial charge in [0.2, 0.25) is 35.4 Å². The molecular formula is C28H52N10O9. The highest BCUT2D eigenvalue weighted by Crippen LogP contribution is 2.11. The summed E-state index contributed by atoms with van der Waals surface area (Å²) in [5, 5.41) is 43.6. The molecule has 0 aliphatic rings. The molecule has 0 radical (unpaired) electrons. The Labute approximate surface area is 274 Å². The number of primary amides is 1. The maximum absolute atomic E-state index is 13.2. The van der Waals surface area contributed by atoms with Gasteiger partial charge in [-0.05, 0) is 38.6 Å². The zero-order chi connectivity index (χ0) is 36.4. The van der Waals surface area contributed by atoms with Crippen molar-refractivity contribution in [3.63, 3.8) is 0 Å². The van der Waals surface area contributed by atoms with E-state index < -0.39 is 96.6 Å². The van der Waals surface area contributed by atoms with Gasteiger partial charge in [0.15, 0.2) is 5.96 Å². The van der Waals surface area contributed by atoms with Crippen LogP contribution in [0, 0.1) is 17.2 Å². The number of hydrogen-bond acceptors (Lipinski definition) is 10. The van der Waals surface area contributed by atoms with Crippen molar-refractivity contribution in [2.45, 2.75) is 96.6 Å². The number of carboxylic acids is 1. The van der Waals surface area contributed by atoms with Gasteiger partial charge in [-0.1, -0.05) is 34.1 Å². The lowest BCUT2D eigenvalue weighted by atomic mass is 9.96. The Kier molecular flexibility index (Phi) is 19.3. The normalized spacial score (nSPS) is 15.4. The summed E-state index contributed by atoms with van der Waals surface area (Å²) in [5.41, 5.74) is 10.6. The number of nitrogens with two attached hydrogens (primary N) is 2. The second kappa shape index (κ2) is 21.3. The first-order valence-corrected chi connectivity index (χ1v) is 15.3. The summed E-state index contributed by atoms with van der Waals surface area (Å²) in [6, 6.07) is -7.47. The number of hydrogen-bond donors (Lipinski definition) is 12. The summed E-state index contributed by atoms with van der Waals surface area (Å²) in [5.74, 6) is -7.51. The van der Waals surface area contributed by atoms with Gasteiger partial charge in [-0.15, -0.1) is 0 Å². The van der Waals surface area contributed by atoms with E-state index in [-0.39, 0.29) is 11.9 Å². The van der Waals surface area contributed by atoms with Gasteiger partial charge in [-0.25, -0.2) is 0 Å². The van der Waals surface area contributed by atoms with Gasteiger partial charge < -0.3 is 58.9 Å². The Morgan fingerprint density at radius 1 is 0.745 bits per heavy atom. The summed E-state index contributed by atoms with van der Waals surface area (Å²) in [7, 11) is 1.52. The molecule has 0 saturated carbocycles. The molecule has 0 aromatic rings. The van der Waals surface area contributed by atoms with Gasteiger partial charge >= 0.3 is 5.97 Å². The molecule has 0 aromatic carbocycles. The smallest absolute Gasteiger partial charge is 0.305 e. The van der Waals surface area contributed by atoms with Crippen molar-refractivity contribution >= 4 is 47.4 Å². The predicted molar refractivity (Wildman–Crippen MR) is 170 cm³/mol. The SMILES string of the molecule is CC[C@H](C)[C@H](NC(=O)[C@H](CC(=O)O)NC(=O)[C@H](C)NC(=O)[C@H](CO)NC(=O)[C@H](CCCNC(=N)N)NC)C(=O)N[C@H](C(N)=O)C(C)C. The fraction of sp³-hybridized carbons (Fsp3) is 0.714. The van der Waals surface area contributed by atoms with Crippen LogP contribution in [0.2, 0.25) is 0 Å². The Balaban J connectivity index is 5.57. The molecule has 7 atom stereocenters. The van der Waals surface area contributed by atoms with Crippen LogP contribution >= 0.6 is 0 Å². The average molecular weight is 673 g/mol. The zero-order valence-electron chi connectivity index (χ0n) is 27.8. The minimum absolute atomic E-state index is 0.222. The molecule has 0 rings (SSSR count). The van der Waals surface area contributed by atoms with E-state index >= 15 is 0 Å². The van der Waals surface area contributed by atoms with Gasteiger partial charge in [0.1, 0.15) is 30.2 Å². The van der Waals surface area contributed by atoms with Gasteiger partial charge in [0, 0.05) is 6.54 Å². The van der Waals surface area contributed by atoms with E-state index in [4.69, 9.17) is 16.9 Å². The van der Waals surface area contributed by atoms with Crippen LogP contribution in [0.1, 0.15) is 60.3 Å². The van der Waals surface area contributed by atoms with Crippen LogP contribution in [0.5, 0.6) is 0 Å². The molecule has 0 aliphatic heterocycles. The number of rotatable bonds is 22. The number of aliphatic hydroxyl groups is 1. The number of carbonyl (C=O) groups excluding carboxylic acids is 6. The van der Waals surface area contributed by atoms with Crippen molar-refractivity contribution in [1.82, 2.24) is 37.2 Å². The standard InChI is InChI=1S/C28H52N10O9/c1-7-14(4)21(27(47)37-20(13(2)3)22(29)42)38-25(45)17(11-19(40)41)35-23(43)15(5)34-26(46)18(12-39)36-24(44)16(32-6)9-8-10-33-28(30)31/h13-18,20-21,32,39H,7-12H2,1-6H3,(H2,29,42)(H,34,46)(H,35,43)(H,36,44)(H,37,47)(H,38,45)(H,40,41)(H4,30,31,33)/t14-,15-,16-,17-,18-,20-,21-/m0/s1. The van der Waals surface area contributed by atoms with Gasteiger partial charge in [-0.2, -0.15) is 0 Å².